The van der Waals surface area contributed by atoms with Crippen LogP contribution in [0.25, 0.3) is 0 Å². The van der Waals surface area contributed by atoms with E-state index >= 15 is 0 Å². The van der Waals surface area contributed by atoms with Crippen molar-refractivity contribution in [2.45, 2.75) is 32.9 Å². The summed E-state index contributed by atoms with van der Waals surface area (Å²) in [6.45, 7) is 5.56. The van der Waals surface area contributed by atoms with Crippen LogP contribution < -0.4 is 5.32 Å². The van der Waals surface area contributed by atoms with Crippen LogP contribution in [0.5, 0.6) is 11.5 Å². The lowest BCUT2D eigenvalue weighted by atomic mass is 10.00. The van der Waals surface area contributed by atoms with Gasteiger partial charge in [0, 0.05) is 6.04 Å². The molecule has 106 valence electrons. The minimum atomic E-state index is -0.501. The van der Waals surface area contributed by atoms with Gasteiger partial charge in [-0.2, -0.15) is 0 Å². The molecule has 0 radical (unpaired) electrons. The van der Waals surface area contributed by atoms with Crippen molar-refractivity contribution in [3.8, 4) is 11.5 Å². The van der Waals surface area contributed by atoms with Gasteiger partial charge in [0.25, 0.3) is 0 Å². The van der Waals surface area contributed by atoms with Crippen molar-refractivity contribution in [3.63, 3.8) is 0 Å². The van der Waals surface area contributed by atoms with Gasteiger partial charge in [-0.1, -0.05) is 19.9 Å². The maximum absolute atomic E-state index is 11.7. The van der Waals surface area contributed by atoms with E-state index in [-0.39, 0.29) is 29.4 Å². The number of hydrogen-bond donors (Lipinski definition) is 3. The van der Waals surface area contributed by atoms with Crippen molar-refractivity contribution in [3.05, 3.63) is 23.8 Å². The molecular formula is C14H21NO4. The molecule has 1 aromatic rings. The van der Waals surface area contributed by atoms with Gasteiger partial charge in [-0.05, 0) is 25.0 Å². The summed E-state index contributed by atoms with van der Waals surface area (Å²) < 4.78 is 4.74. The maximum Gasteiger partial charge on any atom is 0.323 e. The molecule has 1 aromatic carbocycles. The molecule has 0 fully saturated rings. The molecule has 1 rings (SSSR count). The number of carbonyl (C=O) groups is 1. The molecule has 0 heterocycles. The van der Waals surface area contributed by atoms with Gasteiger partial charge in [0.2, 0.25) is 0 Å². The summed E-state index contributed by atoms with van der Waals surface area (Å²) in [6, 6.07) is 3.67. The zero-order valence-electron chi connectivity index (χ0n) is 11.7. The van der Waals surface area contributed by atoms with E-state index in [0.717, 1.165) is 0 Å². The fraction of sp³-hybridized carbons (Fsp3) is 0.500. The van der Waals surface area contributed by atoms with Crippen molar-refractivity contribution in [1.82, 2.24) is 5.32 Å². The third kappa shape index (κ3) is 3.61. The Balaban J connectivity index is 2.94. The number of phenols is 2. The summed E-state index contributed by atoms with van der Waals surface area (Å²) in [6.07, 6.45) is 0. The summed E-state index contributed by atoms with van der Waals surface area (Å²) in [5, 5.41) is 22.7. The van der Waals surface area contributed by atoms with Crippen LogP contribution in [0.4, 0.5) is 0 Å². The van der Waals surface area contributed by atoms with Crippen molar-refractivity contribution in [2.75, 3.05) is 7.11 Å². The number of hydrogen-bond acceptors (Lipinski definition) is 5. The number of carbonyl (C=O) groups excluding carboxylic acids is 1. The number of rotatable bonds is 5. The number of aromatic hydroxyl groups is 2. The Labute approximate surface area is 113 Å². The fourth-order valence-electron chi connectivity index (χ4n) is 2.00. The van der Waals surface area contributed by atoms with Crippen molar-refractivity contribution in [1.29, 1.82) is 0 Å². The number of ether oxygens (including phenoxy) is 1. The molecule has 5 heteroatoms. The summed E-state index contributed by atoms with van der Waals surface area (Å²) in [5.74, 6) is -0.348. The summed E-state index contributed by atoms with van der Waals surface area (Å²) in [5.41, 5.74) is 0.372. The lowest BCUT2D eigenvalue weighted by Gasteiger charge is -2.25. The molecular weight excluding hydrogens is 246 g/mol. The van der Waals surface area contributed by atoms with Crippen LogP contribution in [0.2, 0.25) is 0 Å². The molecule has 19 heavy (non-hydrogen) atoms. The van der Waals surface area contributed by atoms with E-state index in [0.29, 0.717) is 5.56 Å². The topological polar surface area (TPSA) is 78.8 Å². The monoisotopic (exact) mass is 267 g/mol. The van der Waals surface area contributed by atoms with Crippen LogP contribution in [0.15, 0.2) is 18.2 Å². The maximum atomic E-state index is 11.7. The van der Waals surface area contributed by atoms with E-state index in [1.807, 2.05) is 13.8 Å². The summed E-state index contributed by atoms with van der Waals surface area (Å²) in [4.78, 5) is 11.7. The SMILES string of the molecule is COC(=O)C(NC(C)c1c(O)cccc1O)C(C)C. The Hall–Kier alpha value is -1.75. The Morgan fingerprint density at radius 3 is 2.16 bits per heavy atom. The first kappa shape index (κ1) is 15.3. The predicted molar refractivity (Wildman–Crippen MR) is 72.0 cm³/mol. The molecule has 2 atom stereocenters. The van der Waals surface area contributed by atoms with Crippen LogP contribution in [-0.2, 0) is 9.53 Å². The number of benzene rings is 1. The highest BCUT2D eigenvalue weighted by Gasteiger charge is 2.26. The zero-order valence-corrected chi connectivity index (χ0v) is 11.7. The number of esters is 1. The number of phenolic OH excluding ortho intramolecular Hbond substituents is 2. The van der Waals surface area contributed by atoms with Gasteiger partial charge in [0.1, 0.15) is 17.5 Å². The van der Waals surface area contributed by atoms with E-state index in [2.05, 4.69) is 5.32 Å². The van der Waals surface area contributed by atoms with E-state index in [1.54, 1.807) is 13.0 Å². The number of nitrogens with one attached hydrogen (secondary N) is 1. The van der Waals surface area contributed by atoms with Crippen LogP contribution in [0, 0.1) is 5.92 Å². The Bertz CT molecular complexity index is 425. The average molecular weight is 267 g/mol. The highest BCUT2D eigenvalue weighted by molar-refractivity contribution is 5.76. The van der Waals surface area contributed by atoms with E-state index in [9.17, 15) is 15.0 Å². The van der Waals surface area contributed by atoms with Gasteiger partial charge in [0.05, 0.1) is 12.7 Å². The standard InChI is InChI=1S/C14H21NO4/c1-8(2)13(14(18)19-4)15-9(3)12-10(16)6-5-7-11(12)17/h5-9,13,15-17H,1-4H3. The van der Waals surface area contributed by atoms with Crippen molar-refractivity contribution < 1.29 is 19.7 Å². The molecule has 5 nitrogen and oxygen atoms in total. The lowest BCUT2D eigenvalue weighted by Crippen LogP contribution is -2.43. The highest BCUT2D eigenvalue weighted by Crippen LogP contribution is 2.32. The van der Waals surface area contributed by atoms with Crippen LogP contribution in [0.1, 0.15) is 32.4 Å². The fourth-order valence-corrected chi connectivity index (χ4v) is 2.00. The largest absolute Gasteiger partial charge is 0.507 e. The minimum absolute atomic E-state index is 0.00706. The number of methoxy groups -OCH3 is 1. The molecule has 0 saturated carbocycles. The normalized spacial score (nSPS) is 14.2. The van der Waals surface area contributed by atoms with Crippen LogP contribution in [-0.4, -0.2) is 29.3 Å². The van der Waals surface area contributed by atoms with Gasteiger partial charge in [0.15, 0.2) is 0 Å². The summed E-state index contributed by atoms with van der Waals surface area (Å²) >= 11 is 0. The first-order valence-corrected chi connectivity index (χ1v) is 6.23. The second kappa shape index (κ2) is 6.43. The van der Waals surface area contributed by atoms with Gasteiger partial charge < -0.3 is 14.9 Å². The zero-order chi connectivity index (χ0) is 14.6. The van der Waals surface area contributed by atoms with Gasteiger partial charge in [-0.3, -0.25) is 10.1 Å². The second-order valence-corrected chi connectivity index (χ2v) is 4.84. The first-order chi connectivity index (χ1) is 8.88. The van der Waals surface area contributed by atoms with E-state index < -0.39 is 6.04 Å². The van der Waals surface area contributed by atoms with Crippen LogP contribution in [0.3, 0.4) is 0 Å². The second-order valence-electron chi connectivity index (χ2n) is 4.84. The van der Waals surface area contributed by atoms with E-state index in [4.69, 9.17) is 4.74 Å². The quantitative estimate of drug-likeness (QED) is 0.711. The molecule has 0 aliphatic heterocycles. The van der Waals surface area contributed by atoms with Gasteiger partial charge in [-0.15, -0.1) is 0 Å². The molecule has 0 aromatic heterocycles. The molecule has 0 bridgehead atoms. The molecule has 2 unspecified atom stereocenters. The Morgan fingerprint density at radius 2 is 1.74 bits per heavy atom. The smallest absolute Gasteiger partial charge is 0.323 e. The molecule has 0 amide bonds. The molecule has 0 aliphatic carbocycles. The molecule has 0 saturated heterocycles. The van der Waals surface area contributed by atoms with Crippen LogP contribution >= 0.6 is 0 Å². The van der Waals surface area contributed by atoms with Gasteiger partial charge in [-0.25, -0.2) is 0 Å². The van der Waals surface area contributed by atoms with E-state index in [1.165, 1.54) is 19.2 Å². The third-order valence-electron chi connectivity index (χ3n) is 3.04. The van der Waals surface area contributed by atoms with Crippen molar-refractivity contribution >= 4 is 5.97 Å². The average Bonchev–Trinajstić information content (AvgIpc) is 2.34. The lowest BCUT2D eigenvalue weighted by molar-refractivity contribution is -0.144. The highest BCUT2D eigenvalue weighted by atomic mass is 16.5. The minimum Gasteiger partial charge on any atom is -0.507 e. The predicted octanol–water partition coefficient (Wildman–Crippen LogP) is 1.95. The molecule has 0 aliphatic rings. The molecule has 0 spiro atoms. The summed E-state index contributed by atoms with van der Waals surface area (Å²) in [7, 11) is 1.33. The van der Waals surface area contributed by atoms with Gasteiger partial charge >= 0.3 is 5.97 Å². The third-order valence-corrected chi connectivity index (χ3v) is 3.04. The first-order valence-electron chi connectivity index (χ1n) is 6.23. The Morgan fingerprint density at radius 1 is 1.21 bits per heavy atom. The van der Waals surface area contributed by atoms with Crippen molar-refractivity contribution in [2.24, 2.45) is 5.92 Å². The Kier molecular flexibility index (Phi) is 5.18. The molecule has 3 N–H and O–H groups in total.